The molecule has 1 atom stereocenters. The highest BCUT2D eigenvalue weighted by Gasteiger charge is 2.30. The Balaban J connectivity index is 2.19. The maximum atomic E-state index is 4.84. The Morgan fingerprint density at radius 2 is 2.11 bits per heavy atom. The maximum absolute atomic E-state index is 4.84. The Hall–Kier alpha value is -1.42. The van der Waals surface area contributed by atoms with E-state index in [9.17, 15) is 0 Å². The molecule has 1 unspecified atom stereocenters. The first-order valence-corrected chi connectivity index (χ1v) is 6.99. The number of nitrogens with zero attached hydrogens (tertiary/aromatic N) is 4. The summed E-state index contributed by atoms with van der Waals surface area (Å²) in [5.41, 5.74) is 2.09. The maximum Gasteiger partial charge on any atom is 0.160 e. The third-order valence-corrected chi connectivity index (χ3v) is 3.85. The van der Waals surface area contributed by atoms with E-state index in [-0.39, 0.29) is 5.41 Å². The van der Waals surface area contributed by atoms with Gasteiger partial charge < -0.3 is 9.47 Å². The third-order valence-electron chi connectivity index (χ3n) is 3.85. The van der Waals surface area contributed by atoms with Crippen molar-refractivity contribution in [1.82, 2.24) is 19.4 Å². The van der Waals surface area contributed by atoms with Crippen LogP contribution in [0.15, 0.2) is 18.3 Å². The van der Waals surface area contributed by atoms with Crippen LogP contribution in [0.4, 0.5) is 0 Å². The second kappa shape index (κ2) is 4.30. The van der Waals surface area contributed by atoms with Crippen molar-refractivity contribution in [3.8, 4) is 0 Å². The molecule has 1 aliphatic rings. The van der Waals surface area contributed by atoms with E-state index in [0.717, 1.165) is 30.1 Å². The molecular weight excluding hydrogens is 236 g/mol. The molecule has 3 rings (SSSR count). The molecule has 0 spiro atoms. The molecule has 3 heterocycles. The minimum Gasteiger partial charge on any atom is -0.308 e. The van der Waals surface area contributed by atoms with Crippen LogP contribution in [0.2, 0.25) is 0 Å². The van der Waals surface area contributed by atoms with Crippen LogP contribution in [-0.4, -0.2) is 39.6 Å². The van der Waals surface area contributed by atoms with Gasteiger partial charge >= 0.3 is 0 Å². The monoisotopic (exact) mass is 258 g/mol. The summed E-state index contributed by atoms with van der Waals surface area (Å²) in [6.45, 7) is 8.92. The number of rotatable bonds is 1. The predicted molar refractivity (Wildman–Crippen MR) is 77.4 cm³/mol. The van der Waals surface area contributed by atoms with Crippen LogP contribution in [0.3, 0.4) is 0 Å². The van der Waals surface area contributed by atoms with Gasteiger partial charge in [-0.1, -0.05) is 20.8 Å². The average molecular weight is 258 g/mol. The van der Waals surface area contributed by atoms with E-state index in [2.05, 4.69) is 48.3 Å². The van der Waals surface area contributed by atoms with Crippen molar-refractivity contribution in [3.05, 3.63) is 24.2 Å². The number of aromatic nitrogens is 3. The van der Waals surface area contributed by atoms with Gasteiger partial charge in [-0.05, 0) is 32.1 Å². The predicted octanol–water partition coefficient (Wildman–Crippen LogP) is 2.61. The van der Waals surface area contributed by atoms with Gasteiger partial charge in [-0.2, -0.15) is 0 Å². The average Bonchev–Trinajstić information content (AvgIpc) is 2.91. The quantitative estimate of drug-likeness (QED) is 0.788. The number of likely N-dealkylation sites (tertiary alicyclic amines) is 1. The number of fused-ring (bicyclic) bond motifs is 1. The van der Waals surface area contributed by atoms with Gasteiger partial charge in [0.25, 0.3) is 0 Å². The van der Waals surface area contributed by atoms with Crippen LogP contribution in [0.5, 0.6) is 0 Å². The Labute approximate surface area is 114 Å². The van der Waals surface area contributed by atoms with E-state index in [4.69, 9.17) is 4.98 Å². The molecule has 0 aliphatic carbocycles. The number of likely N-dealkylation sites (N-methyl/N-ethyl adjacent to an activating group) is 1. The van der Waals surface area contributed by atoms with Crippen molar-refractivity contribution in [2.75, 3.05) is 20.1 Å². The topological polar surface area (TPSA) is 34.0 Å². The Bertz CT molecular complexity index is 594. The van der Waals surface area contributed by atoms with Crippen molar-refractivity contribution >= 4 is 11.2 Å². The van der Waals surface area contributed by atoms with Gasteiger partial charge in [0, 0.05) is 18.2 Å². The molecule has 0 saturated carbocycles. The summed E-state index contributed by atoms with van der Waals surface area (Å²) in [5, 5.41) is 0. The van der Waals surface area contributed by atoms with Crippen molar-refractivity contribution in [3.63, 3.8) is 0 Å². The van der Waals surface area contributed by atoms with Crippen molar-refractivity contribution < 1.29 is 0 Å². The van der Waals surface area contributed by atoms with Gasteiger partial charge in [-0.3, -0.25) is 0 Å². The second-order valence-corrected chi connectivity index (χ2v) is 6.61. The Morgan fingerprint density at radius 1 is 1.32 bits per heavy atom. The molecule has 0 bridgehead atoms. The number of hydrogen-bond acceptors (Lipinski definition) is 3. The van der Waals surface area contributed by atoms with Crippen LogP contribution >= 0.6 is 0 Å². The van der Waals surface area contributed by atoms with Gasteiger partial charge in [-0.15, -0.1) is 0 Å². The molecule has 4 nitrogen and oxygen atoms in total. The molecule has 0 N–H and O–H groups in total. The highest BCUT2D eigenvalue weighted by Crippen LogP contribution is 2.32. The molecule has 0 radical (unpaired) electrons. The van der Waals surface area contributed by atoms with Gasteiger partial charge in [0.2, 0.25) is 0 Å². The smallest absolute Gasteiger partial charge is 0.160 e. The van der Waals surface area contributed by atoms with Crippen LogP contribution in [0.1, 0.15) is 39.1 Å². The fraction of sp³-hybridized carbons (Fsp3) is 0.600. The van der Waals surface area contributed by atoms with Crippen molar-refractivity contribution in [1.29, 1.82) is 0 Å². The normalized spacial score (nSPS) is 21.4. The molecule has 19 heavy (non-hydrogen) atoms. The number of hydrogen-bond donors (Lipinski definition) is 0. The standard InChI is InChI=1S/C15H22N4/c1-15(2,3)14-17-12-6-5-8-16-13(12)19(14)11-7-9-18(4)10-11/h5-6,8,11H,7,9-10H2,1-4H3. The zero-order valence-corrected chi connectivity index (χ0v) is 12.2. The molecule has 2 aromatic rings. The molecule has 1 fully saturated rings. The Kier molecular flexibility index (Phi) is 2.86. The lowest BCUT2D eigenvalue weighted by Crippen LogP contribution is -2.24. The van der Waals surface area contributed by atoms with E-state index in [1.54, 1.807) is 0 Å². The highest BCUT2D eigenvalue weighted by molar-refractivity contribution is 5.71. The summed E-state index contributed by atoms with van der Waals surface area (Å²) in [6.07, 6.45) is 3.05. The lowest BCUT2D eigenvalue weighted by molar-refractivity contribution is 0.383. The first-order chi connectivity index (χ1) is 8.97. The zero-order chi connectivity index (χ0) is 13.6. The first-order valence-electron chi connectivity index (χ1n) is 6.99. The molecule has 2 aromatic heterocycles. The Morgan fingerprint density at radius 3 is 2.74 bits per heavy atom. The minimum absolute atomic E-state index is 0.0435. The summed E-state index contributed by atoms with van der Waals surface area (Å²) >= 11 is 0. The first kappa shape index (κ1) is 12.6. The zero-order valence-electron chi connectivity index (χ0n) is 12.2. The third kappa shape index (κ3) is 2.14. The van der Waals surface area contributed by atoms with E-state index in [1.165, 1.54) is 6.42 Å². The summed E-state index contributed by atoms with van der Waals surface area (Å²) in [4.78, 5) is 11.8. The molecule has 0 amide bonds. The summed E-state index contributed by atoms with van der Waals surface area (Å²) < 4.78 is 2.37. The summed E-state index contributed by atoms with van der Waals surface area (Å²) in [5.74, 6) is 1.15. The van der Waals surface area contributed by atoms with Gasteiger partial charge in [0.1, 0.15) is 11.3 Å². The fourth-order valence-electron chi connectivity index (χ4n) is 2.93. The lowest BCUT2D eigenvalue weighted by atomic mass is 9.95. The molecule has 0 aromatic carbocycles. The molecule has 1 saturated heterocycles. The summed E-state index contributed by atoms with van der Waals surface area (Å²) in [7, 11) is 2.18. The van der Waals surface area contributed by atoms with E-state index in [0.29, 0.717) is 6.04 Å². The van der Waals surface area contributed by atoms with Gasteiger partial charge in [0.05, 0.1) is 6.04 Å². The molecule has 102 valence electrons. The van der Waals surface area contributed by atoms with Crippen LogP contribution in [-0.2, 0) is 5.41 Å². The van der Waals surface area contributed by atoms with Crippen LogP contribution < -0.4 is 0 Å². The van der Waals surface area contributed by atoms with E-state index in [1.807, 2.05) is 12.3 Å². The van der Waals surface area contributed by atoms with Crippen molar-refractivity contribution in [2.24, 2.45) is 0 Å². The van der Waals surface area contributed by atoms with Crippen LogP contribution in [0, 0.1) is 0 Å². The minimum atomic E-state index is 0.0435. The summed E-state index contributed by atoms with van der Waals surface area (Å²) in [6, 6.07) is 4.53. The molecular formula is C15H22N4. The van der Waals surface area contributed by atoms with Gasteiger partial charge in [-0.25, -0.2) is 9.97 Å². The number of pyridine rings is 1. The second-order valence-electron chi connectivity index (χ2n) is 6.61. The lowest BCUT2D eigenvalue weighted by Gasteiger charge is -2.23. The molecule has 4 heteroatoms. The van der Waals surface area contributed by atoms with E-state index >= 15 is 0 Å². The largest absolute Gasteiger partial charge is 0.308 e. The number of imidazole rings is 1. The highest BCUT2D eigenvalue weighted by atomic mass is 15.2. The molecule has 1 aliphatic heterocycles. The van der Waals surface area contributed by atoms with Gasteiger partial charge in [0.15, 0.2) is 5.65 Å². The SMILES string of the molecule is CN1CCC(n2c(C(C)(C)C)nc3cccnc32)C1. The fourth-order valence-corrected chi connectivity index (χ4v) is 2.93. The van der Waals surface area contributed by atoms with E-state index < -0.39 is 0 Å². The van der Waals surface area contributed by atoms with Crippen molar-refractivity contribution in [2.45, 2.75) is 38.6 Å². The van der Waals surface area contributed by atoms with Crippen LogP contribution in [0.25, 0.3) is 11.2 Å².